The molecule has 0 aromatic carbocycles. The topological polar surface area (TPSA) is 38.3 Å². The van der Waals surface area contributed by atoms with Gasteiger partial charge in [-0.25, -0.2) is 0 Å². The fourth-order valence-corrected chi connectivity index (χ4v) is 2.38. The van der Waals surface area contributed by atoms with Gasteiger partial charge < -0.3 is 10.1 Å². The summed E-state index contributed by atoms with van der Waals surface area (Å²) in [5, 5.41) is 3.47. The molecule has 1 N–H and O–H groups in total. The molecule has 14 heavy (non-hydrogen) atoms. The Bertz CT molecular complexity index is 213. The Balaban J connectivity index is 1.94. The molecule has 0 unspecified atom stereocenters. The van der Waals surface area contributed by atoms with Crippen molar-refractivity contribution in [3.63, 3.8) is 0 Å². The van der Waals surface area contributed by atoms with Crippen LogP contribution in [0.3, 0.4) is 0 Å². The Labute approximate surface area is 85.2 Å². The molecule has 0 aromatic heterocycles. The molecule has 2 rings (SSSR count). The van der Waals surface area contributed by atoms with Crippen molar-refractivity contribution in [3.8, 4) is 0 Å². The standard InChI is InChI=1S/C11H19NO2/c1-2-14-11(13)9-4-3-7-12-10(9)8-5-6-8/h8-10,12H,2-7H2,1H3/t9-,10-/m0/s1. The normalized spacial score (nSPS) is 32.6. The Morgan fingerprint density at radius 2 is 2.21 bits per heavy atom. The summed E-state index contributed by atoms with van der Waals surface area (Å²) in [6, 6.07) is 0.405. The van der Waals surface area contributed by atoms with E-state index in [0.29, 0.717) is 12.6 Å². The third kappa shape index (κ3) is 2.08. The third-order valence-electron chi connectivity index (χ3n) is 3.22. The van der Waals surface area contributed by atoms with Crippen LogP contribution in [-0.2, 0) is 9.53 Å². The minimum absolute atomic E-state index is 0.0107. The van der Waals surface area contributed by atoms with Crippen molar-refractivity contribution < 1.29 is 9.53 Å². The molecule has 2 aliphatic rings. The third-order valence-corrected chi connectivity index (χ3v) is 3.22. The van der Waals surface area contributed by atoms with Gasteiger partial charge in [0.2, 0.25) is 0 Å². The SMILES string of the molecule is CCOC(=O)[C@H]1CCCN[C@H]1C1CC1. The van der Waals surface area contributed by atoms with E-state index in [1.807, 2.05) is 6.92 Å². The molecular formula is C11H19NO2. The smallest absolute Gasteiger partial charge is 0.310 e. The molecular weight excluding hydrogens is 178 g/mol. The van der Waals surface area contributed by atoms with Gasteiger partial charge in [0.25, 0.3) is 0 Å². The van der Waals surface area contributed by atoms with Gasteiger partial charge in [-0.3, -0.25) is 4.79 Å². The van der Waals surface area contributed by atoms with Crippen molar-refractivity contribution in [2.45, 2.75) is 38.6 Å². The lowest BCUT2D eigenvalue weighted by molar-refractivity contribution is -0.150. The van der Waals surface area contributed by atoms with Crippen LogP contribution in [0, 0.1) is 11.8 Å². The predicted molar refractivity (Wildman–Crippen MR) is 53.9 cm³/mol. The van der Waals surface area contributed by atoms with Gasteiger partial charge in [-0.2, -0.15) is 0 Å². The van der Waals surface area contributed by atoms with Gasteiger partial charge in [0.1, 0.15) is 0 Å². The van der Waals surface area contributed by atoms with Crippen molar-refractivity contribution >= 4 is 5.97 Å². The summed E-state index contributed by atoms with van der Waals surface area (Å²) in [5.41, 5.74) is 0. The van der Waals surface area contributed by atoms with Crippen LogP contribution in [0.2, 0.25) is 0 Å². The van der Waals surface area contributed by atoms with E-state index in [2.05, 4.69) is 5.32 Å². The first-order valence-electron chi connectivity index (χ1n) is 5.73. The molecule has 1 aliphatic carbocycles. The molecule has 1 saturated heterocycles. The number of carbonyl (C=O) groups excluding carboxylic acids is 1. The van der Waals surface area contributed by atoms with Crippen LogP contribution in [0.25, 0.3) is 0 Å². The van der Waals surface area contributed by atoms with Crippen LogP contribution in [0.15, 0.2) is 0 Å². The lowest BCUT2D eigenvalue weighted by atomic mass is 9.88. The molecule has 0 amide bonds. The maximum Gasteiger partial charge on any atom is 0.310 e. The van der Waals surface area contributed by atoms with Crippen molar-refractivity contribution in [1.82, 2.24) is 5.32 Å². The number of rotatable bonds is 3. The van der Waals surface area contributed by atoms with Gasteiger partial charge in [-0.05, 0) is 45.1 Å². The number of ether oxygens (including phenoxy) is 1. The number of piperidine rings is 1. The van der Waals surface area contributed by atoms with E-state index in [-0.39, 0.29) is 11.9 Å². The zero-order chi connectivity index (χ0) is 9.97. The van der Waals surface area contributed by atoms with Crippen molar-refractivity contribution in [1.29, 1.82) is 0 Å². The van der Waals surface area contributed by atoms with Crippen LogP contribution in [0.4, 0.5) is 0 Å². The quantitative estimate of drug-likeness (QED) is 0.694. The maximum absolute atomic E-state index is 11.7. The Kier molecular flexibility index (Phi) is 3.06. The summed E-state index contributed by atoms with van der Waals surface area (Å²) in [7, 11) is 0. The zero-order valence-electron chi connectivity index (χ0n) is 8.79. The van der Waals surface area contributed by atoms with Crippen molar-refractivity contribution in [3.05, 3.63) is 0 Å². The lowest BCUT2D eigenvalue weighted by Crippen LogP contribution is -2.46. The van der Waals surface area contributed by atoms with E-state index in [1.54, 1.807) is 0 Å². The number of carbonyl (C=O) groups is 1. The van der Waals surface area contributed by atoms with Gasteiger partial charge in [-0.1, -0.05) is 0 Å². The first-order valence-corrected chi connectivity index (χ1v) is 5.73. The van der Waals surface area contributed by atoms with Gasteiger partial charge in [0.15, 0.2) is 0 Å². The summed E-state index contributed by atoms with van der Waals surface area (Å²) < 4.78 is 5.11. The lowest BCUT2D eigenvalue weighted by Gasteiger charge is -2.31. The molecule has 1 heterocycles. The highest BCUT2D eigenvalue weighted by Gasteiger charge is 2.41. The molecule has 3 nitrogen and oxygen atoms in total. The maximum atomic E-state index is 11.7. The Morgan fingerprint density at radius 1 is 1.43 bits per heavy atom. The summed E-state index contributed by atoms with van der Waals surface area (Å²) >= 11 is 0. The van der Waals surface area contributed by atoms with Crippen LogP contribution in [0.5, 0.6) is 0 Å². The second kappa shape index (κ2) is 4.30. The highest BCUT2D eigenvalue weighted by Crippen LogP contribution is 2.38. The molecule has 0 aromatic rings. The van der Waals surface area contributed by atoms with E-state index in [9.17, 15) is 4.79 Å². The minimum atomic E-state index is 0.0107. The molecule has 0 radical (unpaired) electrons. The van der Waals surface area contributed by atoms with Gasteiger partial charge >= 0.3 is 5.97 Å². The van der Waals surface area contributed by atoms with Crippen molar-refractivity contribution in [2.24, 2.45) is 11.8 Å². The average Bonchev–Trinajstić information content (AvgIpc) is 3.01. The van der Waals surface area contributed by atoms with E-state index in [0.717, 1.165) is 25.3 Å². The molecule has 80 valence electrons. The molecule has 1 saturated carbocycles. The fourth-order valence-electron chi connectivity index (χ4n) is 2.38. The van der Waals surface area contributed by atoms with E-state index >= 15 is 0 Å². The molecule has 2 fully saturated rings. The predicted octanol–water partition coefficient (Wildman–Crippen LogP) is 1.33. The average molecular weight is 197 g/mol. The molecule has 0 spiro atoms. The second-order valence-corrected chi connectivity index (χ2v) is 4.32. The summed E-state index contributed by atoms with van der Waals surface area (Å²) in [4.78, 5) is 11.7. The van der Waals surface area contributed by atoms with Gasteiger partial charge in [-0.15, -0.1) is 0 Å². The first kappa shape index (κ1) is 9.97. The number of hydrogen-bond donors (Lipinski definition) is 1. The van der Waals surface area contributed by atoms with Crippen LogP contribution in [-0.4, -0.2) is 25.2 Å². The molecule has 3 heteroatoms. The summed E-state index contributed by atoms with van der Waals surface area (Å²) in [6.07, 6.45) is 4.68. The van der Waals surface area contributed by atoms with E-state index in [4.69, 9.17) is 4.74 Å². The minimum Gasteiger partial charge on any atom is -0.466 e. The Morgan fingerprint density at radius 3 is 2.86 bits per heavy atom. The Hall–Kier alpha value is -0.570. The number of hydrogen-bond acceptors (Lipinski definition) is 3. The fraction of sp³-hybridized carbons (Fsp3) is 0.909. The molecule has 1 aliphatic heterocycles. The number of nitrogens with one attached hydrogen (secondary N) is 1. The van der Waals surface area contributed by atoms with Gasteiger partial charge in [0.05, 0.1) is 12.5 Å². The number of esters is 1. The van der Waals surface area contributed by atoms with Crippen LogP contribution in [0.1, 0.15) is 32.6 Å². The van der Waals surface area contributed by atoms with E-state index in [1.165, 1.54) is 12.8 Å². The zero-order valence-corrected chi connectivity index (χ0v) is 8.79. The largest absolute Gasteiger partial charge is 0.466 e. The molecule has 2 atom stereocenters. The highest BCUT2D eigenvalue weighted by atomic mass is 16.5. The van der Waals surface area contributed by atoms with E-state index < -0.39 is 0 Å². The van der Waals surface area contributed by atoms with Crippen molar-refractivity contribution in [2.75, 3.05) is 13.2 Å². The monoisotopic (exact) mass is 197 g/mol. The highest BCUT2D eigenvalue weighted by molar-refractivity contribution is 5.73. The first-order chi connectivity index (χ1) is 6.83. The molecule has 0 bridgehead atoms. The second-order valence-electron chi connectivity index (χ2n) is 4.32. The van der Waals surface area contributed by atoms with Gasteiger partial charge in [0, 0.05) is 6.04 Å². The summed E-state index contributed by atoms with van der Waals surface area (Å²) in [6.45, 7) is 3.45. The van der Waals surface area contributed by atoms with Crippen LogP contribution < -0.4 is 5.32 Å². The summed E-state index contributed by atoms with van der Waals surface area (Å²) in [5.74, 6) is 0.873. The van der Waals surface area contributed by atoms with Crippen LogP contribution >= 0.6 is 0 Å².